The Morgan fingerprint density at radius 2 is 1.78 bits per heavy atom. The number of hydrogen-bond donors (Lipinski definition) is 0. The molecule has 184 valence electrons. The van der Waals surface area contributed by atoms with Gasteiger partial charge in [0.2, 0.25) is 5.91 Å². The molecule has 0 unspecified atom stereocenters. The Morgan fingerprint density at radius 3 is 2.47 bits per heavy atom. The van der Waals surface area contributed by atoms with Crippen molar-refractivity contribution >= 4 is 28.6 Å². The summed E-state index contributed by atoms with van der Waals surface area (Å²) in [6, 6.07) is 12.8. The molecule has 2 aliphatic heterocycles. The largest absolute Gasteiger partial charge is 0.461 e. The molecule has 0 bridgehead atoms. The normalized spacial score (nSPS) is 20.9. The molecule has 0 atom stereocenters. The number of carbonyl (C=O) groups is 2. The number of benzene rings is 2. The number of likely N-dealkylation sites (tertiary alicyclic amines) is 1. The molecule has 0 N–H and O–H groups in total. The van der Waals surface area contributed by atoms with Gasteiger partial charge < -0.3 is 9.32 Å². The van der Waals surface area contributed by atoms with Crippen LogP contribution in [0.15, 0.2) is 45.8 Å². The first-order valence-corrected chi connectivity index (χ1v) is 13.1. The zero-order valence-electron chi connectivity index (χ0n) is 21.1. The van der Waals surface area contributed by atoms with E-state index >= 15 is 0 Å². The number of amides is 2. The van der Waals surface area contributed by atoms with Crippen molar-refractivity contribution < 1.29 is 14.0 Å². The molecule has 2 amide bonds. The first kappa shape index (κ1) is 21.8. The molecule has 6 heteroatoms. The first-order chi connectivity index (χ1) is 17.3. The molecule has 2 aromatic carbocycles. The maximum Gasteiger partial charge on any atom is 0.256 e. The maximum atomic E-state index is 13.4. The van der Waals surface area contributed by atoms with Gasteiger partial charge in [0.25, 0.3) is 5.91 Å². The third-order valence-electron chi connectivity index (χ3n) is 8.55. The Morgan fingerprint density at radius 1 is 1.06 bits per heavy atom. The summed E-state index contributed by atoms with van der Waals surface area (Å²) in [7, 11) is 0. The number of nitrogens with zero attached hydrogens (tertiary/aromatic N) is 3. The predicted molar refractivity (Wildman–Crippen MR) is 139 cm³/mol. The van der Waals surface area contributed by atoms with Crippen LogP contribution in [0.25, 0.3) is 22.1 Å². The summed E-state index contributed by atoms with van der Waals surface area (Å²) < 4.78 is 5.85. The van der Waals surface area contributed by atoms with E-state index in [1.165, 1.54) is 5.56 Å². The zero-order chi connectivity index (χ0) is 24.8. The number of aryl methyl sites for hydroxylation is 3. The topological polar surface area (TPSA) is 66.1 Å². The highest BCUT2D eigenvalue weighted by Crippen LogP contribution is 2.46. The van der Waals surface area contributed by atoms with Crippen molar-refractivity contribution in [2.45, 2.75) is 52.0 Å². The SMILES string of the molecule is Cc1cc(-c2ccc3oc(C)c(C)c3c2)ccc1C1=NC2(CC2)C(=O)N1CC1CN(C(=O)C2CC2)C1. The highest BCUT2D eigenvalue weighted by molar-refractivity contribution is 6.17. The first-order valence-electron chi connectivity index (χ1n) is 13.1. The molecule has 36 heavy (non-hydrogen) atoms. The van der Waals surface area contributed by atoms with E-state index in [9.17, 15) is 9.59 Å². The number of rotatable bonds is 5. The van der Waals surface area contributed by atoms with Gasteiger partial charge in [0.15, 0.2) is 0 Å². The van der Waals surface area contributed by atoms with Crippen molar-refractivity contribution in [3.8, 4) is 11.1 Å². The highest BCUT2D eigenvalue weighted by Gasteiger charge is 2.58. The second-order valence-electron chi connectivity index (χ2n) is 11.3. The number of furan rings is 1. The summed E-state index contributed by atoms with van der Waals surface area (Å²) in [6.07, 6.45) is 3.75. The zero-order valence-corrected chi connectivity index (χ0v) is 21.1. The summed E-state index contributed by atoms with van der Waals surface area (Å²) in [5.41, 5.74) is 5.99. The van der Waals surface area contributed by atoms with Crippen molar-refractivity contribution in [3.05, 3.63) is 58.8 Å². The molecule has 3 heterocycles. The molecule has 3 aromatic rings. The molecule has 2 aliphatic carbocycles. The Labute approximate surface area is 211 Å². The quantitative estimate of drug-likeness (QED) is 0.514. The standard InChI is InChI=1S/C30H31N3O3/c1-17-12-22(23-7-9-26-25(13-23)18(2)19(3)36-26)6-8-24(17)27-31-30(10-11-30)29(35)33(27)16-20-14-32(15-20)28(34)21-4-5-21/h6-9,12-13,20-21H,4-5,10-11,14-16H2,1-3H3. The van der Waals surface area contributed by atoms with Crippen molar-refractivity contribution in [1.29, 1.82) is 0 Å². The lowest BCUT2D eigenvalue weighted by Crippen LogP contribution is -2.55. The second-order valence-corrected chi connectivity index (χ2v) is 11.3. The molecular formula is C30H31N3O3. The summed E-state index contributed by atoms with van der Waals surface area (Å²) in [5.74, 6) is 2.79. The molecular weight excluding hydrogens is 450 g/mol. The van der Waals surface area contributed by atoms with Gasteiger partial charge >= 0.3 is 0 Å². The minimum absolute atomic E-state index is 0.143. The van der Waals surface area contributed by atoms with Gasteiger partial charge in [-0.2, -0.15) is 0 Å². The summed E-state index contributed by atoms with van der Waals surface area (Å²) in [5, 5.41) is 1.15. The van der Waals surface area contributed by atoms with Gasteiger partial charge in [0, 0.05) is 42.4 Å². The van der Waals surface area contributed by atoms with E-state index in [1.54, 1.807) is 0 Å². The van der Waals surface area contributed by atoms with Gasteiger partial charge in [-0.25, -0.2) is 0 Å². The van der Waals surface area contributed by atoms with Crippen LogP contribution in [0.1, 0.15) is 48.1 Å². The average Bonchev–Trinajstić information content (AvgIpc) is 3.76. The minimum atomic E-state index is -0.532. The number of carbonyl (C=O) groups excluding carboxylic acids is 2. The van der Waals surface area contributed by atoms with E-state index in [2.05, 4.69) is 44.2 Å². The van der Waals surface area contributed by atoms with Crippen LogP contribution in [-0.4, -0.2) is 52.6 Å². The van der Waals surface area contributed by atoms with Crippen LogP contribution in [0.4, 0.5) is 0 Å². The fraction of sp³-hybridized carbons (Fsp3) is 0.433. The van der Waals surface area contributed by atoms with Gasteiger partial charge in [-0.15, -0.1) is 0 Å². The van der Waals surface area contributed by atoms with Crippen molar-refractivity contribution in [1.82, 2.24) is 9.80 Å². The van der Waals surface area contributed by atoms with E-state index in [1.807, 2.05) is 22.8 Å². The number of hydrogen-bond acceptors (Lipinski definition) is 4. The average molecular weight is 482 g/mol. The fourth-order valence-electron chi connectivity index (χ4n) is 5.81. The Hall–Kier alpha value is -3.41. The van der Waals surface area contributed by atoms with E-state index < -0.39 is 5.54 Å². The molecule has 3 fully saturated rings. The van der Waals surface area contributed by atoms with Crippen LogP contribution in [0.5, 0.6) is 0 Å². The molecule has 1 spiro atoms. The van der Waals surface area contributed by atoms with Gasteiger partial charge in [-0.1, -0.05) is 24.3 Å². The number of aliphatic imine (C=N–C) groups is 1. The van der Waals surface area contributed by atoms with Gasteiger partial charge in [0.1, 0.15) is 22.7 Å². The number of amidine groups is 1. The molecule has 2 saturated carbocycles. The molecule has 1 aromatic heterocycles. The molecule has 1 saturated heterocycles. The lowest BCUT2D eigenvalue weighted by atomic mass is 9.96. The van der Waals surface area contributed by atoms with Crippen LogP contribution in [0, 0.1) is 32.6 Å². The number of fused-ring (bicyclic) bond motifs is 1. The molecule has 4 aliphatic rings. The Balaban J connectivity index is 1.15. The monoisotopic (exact) mass is 481 g/mol. The van der Waals surface area contributed by atoms with Gasteiger partial charge in [0.05, 0.1) is 0 Å². The summed E-state index contributed by atoms with van der Waals surface area (Å²) in [4.78, 5) is 34.6. The Kier molecular flexibility index (Phi) is 4.58. The Bertz CT molecular complexity index is 1470. The molecule has 0 radical (unpaired) electrons. The predicted octanol–water partition coefficient (Wildman–Crippen LogP) is 5.01. The fourth-order valence-corrected chi connectivity index (χ4v) is 5.81. The second kappa shape index (κ2) is 7.55. The molecule has 7 rings (SSSR count). The van der Waals surface area contributed by atoms with E-state index in [4.69, 9.17) is 9.41 Å². The van der Waals surface area contributed by atoms with E-state index in [0.717, 1.165) is 83.6 Å². The van der Waals surface area contributed by atoms with Crippen molar-refractivity contribution in [2.75, 3.05) is 19.6 Å². The van der Waals surface area contributed by atoms with Crippen LogP contribution >= 0.6 is 0 Å². The summed E-state index contributed by atoms with van der Waals surface area (Å²) in [6.45, 7) is 8.36. The van der Waals surface area contributed by atoms with Crippen LogP contribution < -0.4 is 0 Å². The van der Waals surface area contributed by atoms with Crippen LogP contribution in [0.2, 0.25) is 0 Å². The van der Waals surface area contributed by atoms with E-state index in [0.29, 0.717) is 18.4 Å². The van der Waals surface area contributed by atoms with Crippen molar-refractivity contribution in [2.24, 2.45) is 16.8 Å². The van der Waals surface area contributed by atoms with Crippen LogP contribution in [-0.2, 0) is 9.59 Å². The highest BCUT2D eigenvalue weighted by atomic mass is 16.3. The van der Waals surface area contributed by atoms with Gasteiger partial charge in [-0.05, 0) is 80.8 Å². The maximum absolute atomic E-state index is 13.4. The van der Waals surface area contributed by atoms with Crippen LogP contribution in [0.3, 0.4) is 0 Å². The summed E-state index contributed by atoms with van der Waals surface area (Å²) >= 11 is 0. The van der Waals surface area contributed by atoms with Crippen molar-refractivity contribution in [3.63, 3.8) is 0 Å². The lowest BCUT2D eigenvalue weighted by molar-refractivity contribution is -0.139. The smallest absolute Gasteiger partial charge is 0.256 e. The molecule has 6 nitrogen and oxygen atoms in total. The third-order valence-corrected chi connectivity index (χ3v) is 8.55. The third kappa shape index (κ3) is 3.34. The van der Waals surface area contributed by atoms with E-state index in [-0.39, 0.29) is 11.8 Å². The minimum Gasteiger partial charge on any atom is -0.461 e. The van der Waals surface area contributed by atoms with Gasteiger partial charge in [-0.3, -0.25) is 19.5 Å². The lowest BCUT2D eigenvalue weighted by Gasteiger charge is -2.41.